The van der Waals surface area contributed by atoms with Crippen molar-refractivity contribution in [3.8, 4) is 6.07 Å². The molecular weight excluding hydrogens is 338 g/mol. The van der Waals surface area contributed by atoms with E-state index in [9.17, 15) is 19.6 Å². The monoisotopic (exact) mass is 347 g/mol. The number of nitrogens with zero attached hydrogens (tertiary/aromatic N) is 1. The minimum Gasteiger partial charge on any atom is -0.408 e. The summed E-state index contributed by atoms with van der Waals surface area (Å²) in [5, 5.41) is 9.36. The molecule has 2 heterocycles. The van der Waals surface area contributed by atoms with Crippen LogP contribution in [0, 0.1) is 11.3 Å². The van der Waals surface area contributed by atoms with Crippen molar-refractivity contribution in [2.24, 2.45) is 0 Å². The van der Waals surface area contributed by atoms with Gasteiger partial charge in [-0.25, -0.2) is 9.59 Å². The third kappa shape index (κ3) is 2.63. The van der Waals surface area contributed by atoms with Crippen molar-refractivity contribution in [3.05, 3.63) is 74.2 Å². The van der Waals surface area contributed by atoms with Gasteiger partial charge in [-0.05, 0) is 42.0 Å². The number of nitrogens with one attached hydrogen (secondary N) is 2. The van der Waals surface area contributed by atoms with Crippen LogP contribution in [0.3, 0.4) is 0 Å². The van der Waals surface area contributed by atoms with E-state index in [0.717, 1.165) is 0 Å². The molecule has 8 heteroatoms. The number of carbonyl (C=O) groups is 1. The summed E-state index contributed by atoms with van der Waals surface area (Å²) in [5.74, 6) is -1.72. The molecule has 0 aliphatic carbocycles. The lowest BCUT2D eigenvalue weighted by atomic mass is 10.0. The van der Waals surface area contributed by atoms with Crippen molar-refractivity contribution in [2.75, 3.05) is 0 Å². The van der Waals surface area contributed by atoms with E-state index in [1.54, 1.807) is 18.2 Å². The van der Waals surface area contributed by atoms with Gasteiger partial charge in [0.25, 0.3) is 0 Å². The summed E-state index contributed by atoms with van der Waals surface area (Å²) in [6.45, 7) is 0. The van der Waals surface area contributed by atoms with Gasteiger partial charge in [-0.15, -0.1) is 0 Å². The molecule has 4 aromatic rings. The Kier molecular flexibility index (Phi) is 3.41. The summed E-state index contributed by atoms with van der Waals surface area (Å²) in [5.41, 5.74) is 2.19. The average Bonchev–Trinajstić information content (AvgIpc) is 3.18. The quantitative estimate of drug-likeness (QED) is 0.332. The molecule has 2 N–H and O–H groups in total. The number of Topliss-reactive ketones (excluding diaryl/α,β-unsaturated/α-hetero) is 1. The lowest BCUT2D eigenvalue weighted by molar-refractivity contribution is 0.104. The molecule has 0 amide bonds. The maximum Gasteiger partial charge on any atom is 0.417 e. The third-order valence-corrected chi connectivity index (χ3v) is 3.80. The molecule has 0 unspecified atom stereocenters. The lowest BCUT2D eigenvalue weighted by Gasteiger charge is -2.00. The number of carbonyl (C=O) groups excluding carboxylic acids is 1. The average molecular weight is 347 g/mol. The Morgan fingerprint density at radius 1 is 0.962 bits per heavy atom. The van der Waals surface area contributed by atoms with Gasteiger partial charge in [0, 0.05) is 5.56 Å². The number of ketones is 1. The highest BCUT2D eigenvalue weighted by Gasteiger charge is 2.14. The maximum absolute atomic E-state index is 12.6. The van der Waals surface area contributed by atoms with Crippen LogP contribution in [-0.2, 0) is 0 Å². The van der Waals surface area contributed by atoms with Crippen LogP contribution >= 0.6 is 0 Å². The molecule has 2 aromatic heterocycles. The van der Waals surface area contributed by atoms with Gasteiger partial charge in [0.2, 0.25) is 5.78 Å². The highest BCUT2D eigenvalue weighted by molar-refractivity contribution is 6.15. The molecule has 0 fully saturated rings. The Labute approximate surface area is 144 Å². The molecule has 0 aliphatic heterocycles. The van der Waals surface area contributed by atoms with E-state index in [-0.39, 0.29) is 16.7 Å². The van der Waals surface area contributed by atoms with Gasteiger partial charge in [-0.1, -0.05) is 6.07 Å². The second-order valence-corrected chi connectivity index (χ2v) is 5.49. The summed E-state index contributed by atoms with van der Waals surface area (Å²) in [6.07, 6.45) is 1.41. The zero-order valence-corrected chi connectivity index (χ0v) is 13.0. The van der Waals surface area contributed by atoms with E-state index in [0.29, 0.717) is 22.2 Å². The smallest absolute Gasteiger partial charge is 0.408 e. The predicted octanol–water partition coefficient (Wildman–Crippen LogP) is 2.35. The van der Waals surface area contributed by atoms with E-state index in [1.165, 1.54) is 24.3 Å². The molecule has 4 rings (SSSR count). The maximum atomic E-state index is 12.6. The van der Waals surface area contributed by atoms with Crippen molar-refractivity contribution in [2.45, 2.75) is 0 Å². The second kappa shape index (κ2) is 5.75. The SMILES string of the molecule is N#CC(=Cc1ccc2oc(=O)[nH]c2c1)C(=O)c1ccc2[nH]c(=O)oc2c1. The third-order valence-electron chi connectivity index (χ3n) is 3.80. The van der Waals surface area contributed by atoms with Crippen molar-refractivity contribution in [1.29, 1.82) is 5.26 Å². The van der Waals surface area contributed by atoms with Gasteiger partial charge in [-0.3, -0.25) is 14.8 Å². The van der Waals surface area contributed by atoms with Crippen LogP contribution in [0.5, 0.6) is 0 Å². The first kappa shape index (κ1) is 15.4. The van der Waals surface area contributed by atoms with Crippen molar-refractivity contribution < 1.29 is 13.6 Å². The number of fused-ring (bicyclic) bond motifs is 2. The zero-order valence-electron chi connectivity index (χ0n) is 13.0. The molecule has 0 saturated heterocycles. The normalized spacial score (nSPS) is 11.7. The molecule has 26 heavy (non-hydrogen) atoms. The van der Waals surface area contributed by atoms with Crippen LogP contribution in [-0.4, -0.2) is 15.8 Å². The number of oxazole rings is 2. The topological polar surface area (TPSA) is 133 Å². The number of aromatic amines is 2. The van der Waals surface area contributed by atoms with Gasteiger partial charge >= 0.3 is 11.5 Å². The van der Waals surface area contributed by atoms with Crippen molar-refractivity contribution in [3.63, 3.8) is 0 Å². The summed E-state index contributed by atoms with van der Waals surface area (Å²) in [4.78, 5) is 40.0. The van der Waals surface area contributed by atoms with Crippen molar-refractivity contribution >= 4 is 34.1 Å². The Balaban J connectivity index is 1.75. The fraction of sp³-hybridized carbons (Fsp3) is 0. The van der Waals surface area contributed by atoms with Gasteiger partial charge in [0.05, 0.1) is 11.0 Å². The van der Waals surface area contributed by atoms with Crippen LogP contribution in [0.25, 0.3) is 28.3 Å². The molecule has 8 nitrogen and oxygen atoms in total. The first-order valence-corrected chi connectivity index (χ1v) is 7.46. The molecule has 0 aliphatic rings. The highest BCUT2D eigenvalue weighted by Crippen LogP contribution is 2.19. The minimum atomic E-state index is -0.622. The van der Waals surface area contributed by atoms with Crippen molar-refractivity contribution in [1.82, 2.24) is 9.97 Å². The summed E-state index contributed by atoms with van der Waals surface area (Å²) in [6, 6.07) is 11.1. The van der Waals surface area contributed by atoms with E-state index in [4.69, 9.17) is 8.83 Å². The molecule has 0 bridgehead atoms. The number of allylic oxidation sites excluding steroid dienone is 1. The Bertz CT molecular complexity index is 1360. The number of rotatable bonds is 3. The second-order valence-electron chi connectivity index (χ2n) is 5.49. The number of aromatic nitrogens is 2. The molecule has 2 aromatic carbocycles. The number of hydrogen-bond acceptors (Lipinski definition) is 6. The Morgan fingerprint density at radius 2 is 1.69 bits per heavy atom. The molecular formula is C18H9N3O5. The van der Waals surface area contributed by atoms with Crippen LogP contribution < -0.4 is 11.5 Å². The number of nitriles is 1. The van der Waals surface area contributed by atoms with Crippen LogP contribution in [0.1, 0.15) is 15.9 Å². The minimum absolute atomic E-state index is 0.104. The first-order valence-electron chi connectivity index (χ1n) is 7.46. The van der Waals surface area contributed by atoms with Gasteiger partial charge < -0.3 is 8.83 Å². The number of H-pyrrole nitrogens is 2. The van der Waals surface area contributed by atoms with Crippen LogP contribution in [0.15, 0.2) is 60.4 Å². The van der Waals surface area contributed by atoms with Gasteiger partial charge in [0.15, 0.2) is 11.2 Å². The summed E-state index contributed by atoms with van der Waals surface area (Å²) >= 11 is 0. The zero-order chi connectivity index (χ0) is 18.3. The van der Waals surface area contributed by atoms with E-state index in [1.807, 2.05) is 6.07 Å². The first-order chi connectivity index (χ1) is 12.5. The summed E-state index contributed by atoms with van der Waals surface area (Å²) in [7, 11) is 0. The fourth-order valence-corrected chi connectivity index (χ4v) is 2.62. The fourth-order valence-electron chi connectivity index (χ4n) is 2.62. The molecule has 0 atom stereocenters. The lowest BCUT2D eigenvalue weighted by Crippen LogP contribution is -2.01. The molecule has 126 valence electrons. The van der Waals surface area contributed by atoms with Crippen LogP contribution in [0.2, 0.25) is 0 Å². The van der Waals surface area contributed by atoms with Gasteiger partial charge in [-0.2, -0.15) is 5.26 Å². The number of hydrogen-bond donors (Lipinski definition) is 2. The van der Waals surface area contributed by atoms with E-state index >= 15 is 0 Å². The molecule has 0 saturated carbocycles. The molecule has 0 radical (unpaired) electrons. The van der Waals surface area contributed by atoms with Gasteiger partial charge in [0.1, 0.15) is 11.6 Å². The van der Waals surface area contributed by atoms with E-state index < -0.39 is 17.3 Å². The largest absolute Gasteiger partial charge is 0.417 e. The Hall–Kier alpha value is -4.12. The molecule has 0 spiro atoms. The van der Waals surface area contributed by atoms with E-state index in [2.05, 4.69) is 9.97 Å². The standard InChI is InChI=1S/C18H9N3O5/c19-8-11(5-9-1-4-14-13(6-9)21-18(24)25-14)16(22)10-2-3-12-15(7-10)26-17(23)20-12/h1-7H,(H,20,23)(H,21,24). The summed E-state index contributed by atoms with van der Waals surface area (Å²) < 4.78 is 9.84. The number of benzene rings is 2. The predicted molar refractivity (Wildman–Crippen MR) is 91.6 cm³/mol. The van der Waals surface area contributed by atoms with Crippen LogP contribution in [0.4, 0.5) is 0 Å². The Morgan fingerprint density at radius 3 is 2.46 bits per heavy atom. The highest BCUT2D eigenvalue weighted by atomic mass is 16.4.